The quantitative estimate of drug-likeness (QED) is 0.0939. The smallest absolute Gasteiger partial charge is 0.413 e. The molecular weight excluding hydrogens is 733 g/mol. The fourth-order valence-electron chi connectivity index (χ4n) is 7.56. The van der Waals surface area contributed by atoms with Crippen LogP contribution in [0.5, 0.6) is 0 Å². The topological polar surface area (TPSA) is 129 Å². The van der Waals surface area contributed by atoms with Gasteiger partial charge >= 0.3 is 6.09 Å². The van der Waals surface area contributed by atoms with Gasteiger partial charge in [0.25, 0.3) is 9.04 Å². The Bertz CT molecular complexity index is 2290. The predicted molar refractivity (Wildman–Crippen MR) is 228 cm³/mol. The lowest BCUT2D eigenvalue weighted by Crippen LogP contribution is -2.50. The molecule has 57 heavy (non-hydrogen) atoms. The van der Waals surface area contributed by atoms with Gasteiger partial charge in [-0.25, -0.2) is 9.78 Å². The minimum atomic E-state index is -1.46. The van der Waals surface area contributed by atoms with Crippen LogP contribution in [0.4, 0.5) is 16.6 Å². The van der Waals surface area contributed by atoms with E-state index in [2.05, 4.69) is 121 Å². The van der Waals surface area contributed by atoms with Crippen molar-refractivity contribution in [3.05, 3.63) is 102 Å². The van der Waals surface area contributed by atoms with Gasteiger partial charge in [-0.3, -0.25) is 19.9 Å². The number of rotatable bonds is 16. The first kappa shape index (κ1) is 40.0. The van der Waals surface area contributed by atoms with Crippen LogP contribution in [0.25, 0.3) is 33.1 Å². The first-order valence-electron chi connectivity index (χ1n) is 19.8. The van der Waals surface area contributed by atoms with Crippen LogP contribution < -0.4 is 15.8 Å². The van der Waals surface area contributed by atoms with Crippen LogP contribution >= 0.6 is 0 Å². The van der Waals surface area contributed by atoms with Crippen molar-refractivity contribution in [1.82, 2.24) is 29.6 Å². The summed E-state index contributed by atoms with van der Waals surface area (Å²) in [7, 11) is 1.63. The number of hydrogen-bond donors (Lipinski definition) is 2. The molecule has 2 N–H and O–H groups in total. The molecule has 0 saturated carbocycles. The van der Waals surface area contributed by atoms with Crippen molar-refractivity contribution in [3.8, 4) is 11.1 Å². The molecule has 7 rings (SSSR count). The number of amides is 1. The fraction of sp³-hybridized carbons (Fsp3) is 0.386. The number of likely N-dealkylation sites (tertiary alicyclic amines) is 1. The molecule has 0 aliphatic carbocycles. The average molecular weight is 786 g/mol. The third kappa shape index (κ3) is 9.34. The fourth-order valence-corrected chi connectivity index (χ4v) is 10.00. The second-order valence-electron chi connectivity index (χ2n) is 15.6. The Labute approximate surface area is 336 Å². The van der Waals surface area contributed by atoms with Crippen molar-refractivity contribution >= 4 is 54.0 Å². The third-order valence-corrected chi connectivity index (χ3v) is 13.2. The lowest BCUT2D eigenvalue weighted by atomic mass is 10.0. The molecule has 1 radical (unpaired) electrons. The number of pyridine rings is 1. The molecule has 13 heteroatoms. The van der Waals surface area contributed by atoms with Crippen molar-refractivity contribution in [1.29, 1.82) is 0 Å². The maximum atomic E-state index is 12.3. The van der Waals surface area contributed by atoms with Crippen molar-refractivity contribution in [2.45, 2.75) is 77.2 Å². The van der Waals surface area contributed by atoms with Crippen LogP contribution in [0.15, 0.2) is 91.3 Å². The molecule has 1 aliphatic rings. The van der Waals surface area contributed by atoms with Crippen molar-refractivity contribution in [2.24, 2.45) is 0 Å². The van der Waals surface area contributed by atoms with E-state index >= 15 is 0 Å². The molecule has 4 heterocycles. The number of anilines is 2. The number of carbonyl (C=O) groups is 1. The molecule has 1 amide bonds. The molecule has 6 aromatic rings. The van der Waals surface area contributed by atoms with E-state index in [1.807, 2.05) is 16.9 Å². The predicted octanol–water partition coefficient (Wildman–Crippen LogP) is 7.78. The molecule has 1 atom stereocenters. The molecule has 1 fully saturated rings. The minimum absolute atomic E-state index is 0.0241. The van der Waals surface area contributed by atoms with Gasteiger partial charge in [-0.2, -0.15) is 10.1 Å². The molecule has 1 saturated heterocycles. The van der Waals surface area contributed by atoms with Crippen LogP contribution in [0.2, 0.25) is 5.04 Å². The number of fused-ring (bicyclic) bond motifs is 2. The molecule has 3 aromatic heterocycles. The van der Waals surface area contributed by atoms with Gasteiger partial charge in [0.15, 0.2) is 5.82 Å². The number of benzene rings is 3. The Morgan fingerprint density at radius 1 is 0.930 bits per heavy atom. The summed E-state index contributed by atoms with van der Waals surface area (Å²) >= 11 is 0. The summed E-state index contributed by atoms with van der Waals surface area (Å²) in [6.45, 7) is 12.7. The SMILES string of the molecule is CCC[C@@H](CCO[Si](c1ccccc1-c1ccccc1)C(C)(C)C)Nc1nc(NC(=O)OC)nc2cnn(Cc3ccc(CN4CC(OC)C4)c4cccnc34)c12. The molecule has 0 bridgehead atoms. The molecule has 0 unspecified atom stereocenters. The maximum Gasteiger partial charge on any atom is 0.413 e. The van der Waals surface area contributed by atoms with Crippen LogP contribution in [-0.2, 0) is 27.0 Å². The Kier molecular flexibility index (Phi) is 12.6. The summed E-state index contributed by atoms with van der Waals surface area (Å²) < 4.78 is 19.3. The Hall–Kier alpha value is -5.21. The number of nitrogens with zero attached hydrogens (tertiary/aromatic N) is 6. The van der Waals surface area contributed by atoms with E-state index < -0.39 is 15.1 Å². The Morgan fingerprint density at radius 2 is 1.70 bits per heavy atom. The van der Waals surface area contributed by atoms with Gasteiger partial charge in [0.2, 0.25) is 5.95 Å². The highest BCUT2D eigenvalue weighted by Gasteiger charge is 2.33. The van der Waals surface area contributed by atoms with E-state index in [1.165, 1.54) is 29.0 Å². The monoisotopic (exact) mass is 785 g/mol. The van der Waals surface area contributed by atoms with E-state index in [9.17, 15) is 4.79 Å². The van der Waals surface area contributed by atoms with Gasteiger partial charge < -0.3 is 19.2 Å². The number of carbonyl (C=O) groups excluding carboxylic acids is 1. The van der Waals surface area contributed by atoms with Crippen LogP contribution in [0.3, 0.4) is 0 Å². The van der Waals surface area contributed by atoms with Gasteiger partial charge in [-0.15, -0.1) is 0 Å². The standard InChI is InChI=1S/C44H53N8O4Si/c1-7-14-33(22-24-56-57(44(2,3)4)38-19-12-11-17-35(38)30-15-9-8-10-16-30)47-41-40-37(48-42(49-41)50-43(53)55-6)25-46-52(40)27-32-21-20-31(26-51-28-34(29-51)54-5)36-18-13-23-45-39(32)36/h8-13,15-21,23,25,33-34H,7,14,22,24,26-29H2,1-6H3,(H2,47,48,49,50,53)/t33-/m0/s1. The first-order valence-corrected chi connectivity index (χ1v) is 21.2. The van der Waals surface area contributed by atoms with Gasteiger partial charge in [0.1, 0.15) is 11.0 Å². The van der Waals surface area contributed by atoms with Crippen molar-refractivity contribution in [3.63, 3.8) is 0 Å². The summed E-state index contributed by atoms with van der Waals surface area (Å²) in [6, 6.07) is 27.7. The number of ether oxygens (including phenoxy) is 2. The Morgan fingerprint density at radius 3 is 2.46 bits per heavy atom. The normalized spacial score (nSPS) is 14.2. The zero-order valence-corrected chi connectivity index (χ0v) is 34.8. The van der Waals surface area contributed by atoms with E-state index in [-0.39, 0.29) is 17.0 Å². The minimum Gasteiger partial charge on any atom is -0.453 e. The van der Waals surface area contributed by atoms with E-state index in [1.54, 1.807) is 13.3 Å². The van der Waals surface area contributed by atoms with Gasteiger partial charge in [0.05, 0.1) is 31.5 Å². The number of hydrogen-bond acceptors (Lipinski definition) is 10. The third-order valence-electron chi connectivity index (χ3n) is 10.4. The lowest BCUT2D eigenvalue weighted by Gasteiger charge is -2.38. The first-order chi connectivity index (χ1) is 27.6. The Balaban J connectivity index is 1.16. The summed E-state index contributed by atoms with van der Waals surface area (Å²) in [5.41, 5.74) is 6.96. The second kappa shape index (κ2) is 17.9. The highest BCUT2D eigenvalue weighted by molar-refractivity contribution is 6.71. The molecule has 1 aliphatic heterocycles. The average Bonchev–Trinajstić information content (AvgIpc) is 3.60. The largest absolute Gasteiger partial charge is 0.453 e. The van der Waals surface area contributed by atoms with Crippen LogP contribution in [0.1, 0.15) is 58.1 Å². The second-order valence-corrected chi connectivity index (χ2v) is 18.6. The van der Waals surface area contributed by atoms with Gasteiger partial charge in [-0.05, 0) is 51.4 Å². The molecule has 297 valence electrons. The molecule has 12 nitrogen and oxygen atoms in total. The van der Waals surface area contributed by atoms with Crippen molar-refractivity contribution in [2.75, 3.05) is 44.5 Å². The highest BCUT2D eigenvalue weighted by Crippen LogP contribution is 2.32. The molecule has 3 aromatic carbocycles. The van der Waals surface area contributed by atoms with E-state index in [0.29, 0.717) is 30.6 Å². The van der Waals surface area contributed by atoms with Crippen LogP contribution in [0, 0.1) is 0 Å². The molecular formula is C44H53N8O4Si. The zero-order chi connectivity index (χ0) is 39.9. The number of nitrogens with one attached hydrogen (secondary N) is 2. The van der Waals surface area contributed by atoms with Gasteiger partial charge in [0, 0.05) is 51.0 Å². The van der Waals surface area contributed by atoms with E-state index in [4.69, 9.17) is 29.0 Å². The summed E-state index contributed by atoms with van der Waals surface area (Å²) in [4.78, 5) is 29.0. The van der Waals surface area contributed by atoms with Crippen LogP contribution in [-0.4, -0.2) is 90.8 Å². The number of aromatic nitrogens is 5. The number of methoxy groups -OCH3 is 2. The highest BCUT2D eigenvalue weighted by atomic mass is 28.3. The lowest BCUT2D eigenvalue weighted by molar-refractivity contribution is -0.0332. The maximum absolute atomic E-state index is 12.3. The summed E-state index contributed by atoms with van der Waals surface area (Å²) in [5.74, 6) is 0.717. The van der Waals surface area contributed by atoms with E-state index in [0.717, 1.165) is 60.9 Å². The van der Waals surface area contributed by atoms with Crippen molar-refractivity contribution < 1.29 is 18.7 Å². The zero-order valence-electron chi connectivity index (χ0n) is 33.8. The summed E-state index contributed by atoms with van der Waals surface area (Å²) in [6.07, 6.45) is 5.80. The molecule has 0 spiro atoms. The van der Waals surface area contributed by atoms with Gasteiger partial charge in [-0.1, -0.05) is 107 Å². The summed E-state index contributed by atoms with van der Waals surface area (Å²) in [5, 5.41) is 13.5.